The number of nitrogens with one attached hydrogen (secondary N) is 1. The first-order chi connectivity index (χ1) is 15.4. The van der Waals surface area contributed by atoms with Crippen molar-refractivity contribution in [1.82, 2.24) is 10.2 Å². The second-order valence-electron chi connectivity index (χ2n) is 8.36. The number of aliphatic hydroxyl groups is 1. The summed E-state index contributed by atoms with van der Waals surface area (Å²) in [5.74, 6) is 1.33. The summed E-state index contributed by atoms with van der Waals surface area (Å²) >= 11 is 0. The van der Waals surface area contributed by atoms with Crippen LogP contribution in [0.3, 0.4) is 0 Å². The molecule has 0 saturated carbocycles. The molecule has 2 aromatic rings. The monoisotopic (exact) mass is 437 g/mol. The van der Waals surface area contributed by atoms with Gasteiger partial charge in [-0.15, -0.1) is 0 Å². The fraction of sp³-hybridized carbons (Fsp3) is 0.400. The number of carbonyl (C=O) groups excluding carboxylic acids is 1. The fourth-order valence-electron chi connectivity index (χ4n) is 4.54. The maximum Gasteiger partial charge on any atom is 0.321 e. The highest BCUT2D eigenvalue weighted by molar-refractivity contribution is 5.87. The lowest BCUT2D eigenvalue weighted by Gasteiger charge is -2.24. The van der Waals surface area contributed by atoms with Crippen molar-refractivity contribution in [3.05, 3.63) is 59.3 Å². The molecule has 4 rings (SSSR count). The smallest absolute Gasteiger partial charge is 0.321 e. The SMILES string of the molecule is CNC(=O)N1C=C(c2ccc(N3CC[C@H](O)C3)cc2)c2cc(OC)c(OC)cc2CC1C. The molecule has 1 unspecified atom stereocenters. The number of hydrogen-bond acceptors (Lipinski definition) is 5. The van der Waals surface area contributed by atoms with Gasteiger partial charge in [0.2, 0.25) is 0 Å². The van der Waals surface area contributed by atoms with Crippen molar-refractivity contribution >= 4 is 17.3 Å². The zero-order chi connectivity index (χ0) is 22.8. The molecule has 170 valence electrons. The van der Waals surface area contributed by atoms with E-state index < -0.39 is 0 Å². The number of rotatable bonds is 4. The Kier molecular flexibility index (Phi) is 6.28. The molecule has 7 nitrogen and oxygen atoms in total. The average molecular weight is 438 g/mol. The molecule has 2 N–H and O–H groups in total. The molecule has 0 spiro atoms. The van der Waals surface area contributed by atoms with Crippen molar-refractivity contribution in [3.63, 3.8) is 0 Å². The molecule has 0 bridgehead atoms. The van der Waals surface area contributed by atoms with Crippen LogP contribution in [-0.4, -0.2) is 62.5 Å². The van der Waals surface area contributed by atoms with Gasteiger partial charge in [0, 0.05) is 43.6 Å². The Morgan fingerprint density at radius 1 is 1.12 bits per heavy atom. The van der Waals surface area contributed by atoms with Crippen LogP contribution in [0, 0.1) is 0 Å². The molecule has 2 aliphatic rings. The van der Waals surface area contributed by atoms with Crippen LogP contribution in [0.15, 0.2) is 42.6 Å². The van der Waals surface area contributed by atoms with Crippen LogP contribution in [-0.2, 0) is 6.42 Å². The first-order valence-electron chi connectivity index (χ1n) is 11.0. The summed E-state index contributed by atoms with van der Waals surface area (Å²) in [5, 5.41) is 12.6. The van der Waals surface area contributed by atoms with E-state index in [4.69, 9.17) is 9.47 Å². The maximum absolute atomic E-state index is 12.7. The van der Waals surface area contributed by atoms with E-state index in [-0.39, 0.29) is 18.2 Å². The number of urea groups is 1. The Morgan fingerprint density at radius 2 is 1.81 bits per heavy atom. The molecule has 1 fully saturated rings. The molecular weight excluding hydrogens is 406 g/mol. The van der Waals surface area contributed by atoms with Gasteiger partial charge in [-0.05, 0) is 60.7 Å². The van der Waals surface area contributed by atoms with Crippen molar-refractivity contribution < 1.29 is 19.4 Å². The average Bonchev–Trinajstić information content (AvgIpc) is 3.19. The fourth-order valence-corrected chi connectivity index (χ4v) is 4.54. The molecule has 2 atom stereocenters. The molecule has 2 aliphatic heterocycles. The molecule has 7 heteroatoms. The van der Waals surface area contributed by atoms with Crippen molar-refractivity contribution in [1.29, 1.82) is 0 Å². The molecular formula is C25H31N3O4. The summed E-state index contributed by atoms with van der Waals surface area (Å²) in [6.45, 7) is 3.55. The van der Waals surface area contributed by atoms with Crippen LogP contribution in [0.4, 0.5) is 10.5 Å². The Bertz CT molecular complexity index is 1020. The number of amides is 2. The van der Waals surface area contributed by atoms with Crippen LogP contribution in [0.1, 0.15) is 30.0 Å². The number of nitrogens with zero attached hydrogens (tertiary/aromatic N) is 2. The topological polar surface area (TPSA) is 74.3 Å². The van der Waals surface area contributed by atoms with E-state index in [1.807, 2.05) is 25.3 Å². The lowest BCUT2D eigenvalue weighted by atomic mass is 9.92. The highest BCUT2D eigenvalue weighted by Gasteiger charge is 2.27. The van der Waals surface area contributed by atoms with E-state index in [0.29, 0.717) is 24.5 Å². The second-order valence-corrected chi connectivity index (χ2v) is 8.36. The van der Waals surface area contributed by atoms with Crippen molar-refractivity contribution in [2.75, 3.05) is 39.3 Å². The summed E-state index contributed by atoms with van der Waals surface area (Å²) in [5.41, 5.74) is 5.15. The van der Waals surface area contributed by atoms with Gasteiger partial charge in [0.05, 0.1) is 20.3 Å². The minimum Gasteiger partial charge on any atom is -0.493 e. The number of anilines is 1. The highest BCUT2D eigenvalue weighted by atomic mass is 16.5. The van der Waals surface area contributed by atoms with Gasteiger partial charge >= 0.3 is 6.03 Å². The zero-order valence-corrected chi connectivity index (χ0v) is 19.1. The van der Waals surface area contributed by atoms with Crippen molar-refractivity contribution in [2.24, 2.45) is 0 Å². The van der Waals surface area contributed by atoms with Gasteiger partial charge in [0.25, 0.3) is 0 Å². The molecule has 1 saturated heterocycles. The third-order valence-corrected chi connectivity index (χ3v) is 6.31. The van der Waals surface area contributed by atoms with Crippen molar-refractivity contribution in [3.8, 4) is 11.5 Å². The normalized spacial score (nSPS) is 20.3. The number of fused-ring (bicyclic) bond motifs is 1. The van der Waals surface area contributed by atoms with Crippen LogP contribution < -0.4 is 19.7 Å². The number of methoxy groups -OCH3 is 2. The lowest BCUT2D eigenvalue weighted by Crippen LogP contribution is -2.40. The van der Waals surface area contributed by atoms with Crippen LogP contribution in [0.5, 0.6) is 11.5 Å². The van der Waals surface area contributed by atoms with Gasteiger partial charge in [0.15, 0.2) is 11.5 Å². The third-order valence-electron chi connectivity index (χ3n) is 6.31. The van der Waals surface area contributed by atoms with Gasteiger partial charge < -0.3 is 24.8 Å². The van der Waals surface area contributed by atoms with Gasteiger partial charge in [-0.1, -0.05) is 12.1 Å². The minimum absolute atomic E-state index is 0.0327. The van der Waals surface area contributed by atoms with E-state index >= 15 is 0 Å². The number of hydrogen-bond donors (Lipinski definition) is 2. The van der Waals surface area contributed by atoms with E-state index in [0.717, 1.165) is 40.9 Å². The molecule has 2 heterocycles. The Morgan fingerprint density at radius 3 is 2.41 bits per heavy atom. The van der Waals surface area contributed by atoms with E-state index in [2.05, 4.69) is 34.5 Å². The quantitative estimate of drug-likeness (QED) is 0.768. The first-order valence-corrected chi connectivity index (χ1v) is 11.0. The minimum atomic E-state index is -0.267. The zero-order valence-electron chi connectivity index (χ0n) is 19.1. The molecule has 0 aromatic heterocycles. The summed E-state index contributed by atoms with van der Waals surface area (Å²) in [4.78, 5) is 16.6. The lowest BCUT2D eigenvalue weighted by molar-refractivity contribution is 0.198. The summed E-state index contributed by atoms with van der Waals surface area (Å²) in [6.07, 6.45) is 3.14. The van der Waals surface area contributed by atoms with E-state index in [9.17, 15) is 9.90 Å². The first kappa shape index (κ1) is 22.0. The number of ether oxygens (including phenoxy) is 2. The third kappa shape index (κ3) is 4.12. The largest absolute Gasteiger partial charge is 0.493 e. The Labute approximate surface area is 189 Å². The van der Waals surface area contributed by atoms with Crippen LogP contribution in [0.2, 0.25) is 0 Å². The van der Waals surface area contributed by atoms with Gasteiger partial charge in [-0.3, -0.25) is 4.90 Å². The van der Waals surface area contributed by atoms with E-state index in [1.165, 1.54) is 0 Å². The second kappa shape index (κ2) is 9.12. The molecule has 0 aliphatic carbocycles. The maximum atomic E-state index is 12.7. The summed E-state index contributed by atoms with van der Waals surface area (Å²) in [7, 11) is 4.90. The van der Waals surface area contributed by atoms with Gasteiger partial charge in [-0.2, -0.15) is 0 Å². The van der Waals surface area contributed by atoms with Crippen LogP contribution in [0.25, 0.3) is 5.57 Å². The number of benzene rings is 2. The number of aliphatic hydroxyl groups excluding tert-OH is 1. The predicted octanol–water partition coefficient (Wildman–Crippen LogP) is 3.25. The number of carbonyl (C=O) groups is 1. The summed E-state index contributed by atoms with van der Waals surface area (Å²) < 4.78 is 11.1. The standard InChI is InChI=1S/C25H31N3O4/c1-16-11-18-12-23(31-3)24(32-4)13-21(18)22(15-28(16)25(30)26-2)17-5-7-19(8-6-17)27-10-9-20(29)14-27/h5-8,12-13,15-16,20,29H,9-11,14H2,1-4H3,(H,26,30)/t16?,20-/m0/s1. The highest BCUT2D eigenvalue weighted by Crippen LogP contribution is 2.39. The predicted molar refractivity (Wildman–Crippen MR) is 125 cm³/mol. The van der Waals surface area contributed by atoms with Crippen LogP contribution >= 0.6 is 0 Å². The molecule has 2 aromatic carbocycles. The Hall–Kier alpha value is -3.19. The number of β-amino-alcohol motifs (C(OH)–C–C–N with tert-alkyl or cyclic N) is 1. The van der Waals surface area contributed by atoms with Gasteiger partial charge in [-0.25, -0.2) is 4.79 Å². The Balaban J connectivity index is 1.80. The molecule has 32 heavy (non-hydrogen) atoms. The van der Waals surface area contributed by atoms with Gasteiger partial charge in [0.1, 0.15) is 0 Å². The summed E-state index contributed by atoms with van der Waals surface area (Å²) in [6, 6.07) is 12.1. The molecule has 2 amide bonds. The van der Waals surface area contributed by atoms with E-state index in [1.54, 1.807) is 26.2 Å². The molecule has 0 radical (unpaired) electrons. The van der Waals surface area contributed by atoms with Crippen molar-refractivity contribution in [2.45, 2.75) is 31.9 Å².